The molecule has 0 fully saturated rings. The predicted molar refractivity (Wildman–Crippen MR) is 47.3 cm³/mol. The molecule has 22 heteroatoms. The Morgan fingerprint density at radius 1 is 0.440 bits per heavy atom. The summed E-state index contributed by atoms with van der Waals surface area (Å²) in [5, 5.41) is 0. The third-order valence-corrected chi connectivity index (χ3v) is 2.55. The van der Waals surface area contributed by atoms with Crippen LogP contribution in [0.3, 0.4) is 0 Å². The maximum absolute atomic E-state index is 10.7. The summed E-state index contributed by atoms with van der Waals surface area (Å²) < 4.78 is 177. The van der Waals surface area contributed by atoms with E-state index in [2.05, 4.69) is 0 Å². The molecule has 25 heavy (non-hydrogen) atoms. The summed E-state index contributed by atoms with van der Waals surface area (Å²) in [4.78, 5) is 0. The van der Waals surface area contributed by atoms with Gasteiger partial charge < -0.3 is 13.7 Å². The summed E-state index contributed by atoms with van der Waals surface area (Å²) in [6.07, 6.45) is 0. The Morgan fingerprint density at radius 3 is 0.480 bits per heavy atom. The fourth-order valence-electron chi connectivity index (χ4n) is 0. The molecule has 154 valence electrons. The quantitative estimate of drug-likeness (QED) is 0.205. The molecular weight excluding hydrogens is 633 g/mol. The van der Waals surface area contributed by atoms with Crippen molar-refractivity contribution in [3.8, 4) is 0 Å². The molecule has 0 aliphatic carbocycles. The Labute approximate surface area is 146 Å². The smallest absolute Gasteiger partial charge is 0.741 e. The molecule has 0 aliphatic rings. The van der Waals surface area contributed by atoms with E-state index in [9.17, 15) is 39.5 Å². The largest absolute Gasteiger partial charge is 3.00 e. The zero-order valence-electron chi connectivity index (χ0n) is 10.2. The first-order valence-corrected chi connectivity index (χ1v) is 8.04. The van der Waals surface area contributed by atoms with Gasteiger partial charge in [0.25, 0.3) is 0 Å². The van der Waals surface area contributed by atoms with Gasteiger partial charge in [0, 0.05) is 0 Å². The van der Waals surface area contributed by atoms with Crippen LogP contribution >= 0.6 is 0 Å². The Bertz CT molecular complexity index is 596. The zero-order chi connectivity index (χ0) is 21.0. The fraction of sp³-hybridized carbons (Fsp3) is 1.00. The van der Waals surface area contributed by atoms with Gasteiger partial charge >= 0.3 is 36.9 Å². The number of hydrogen-bond acceptors (Lipinski definition) is 9. The monoisotopic (exact) mass is 634 g/mol. The molecule has 0 radical (unpaired) electrons. The summed E-state index contributed by atoms with van der Waals surface area (Å²) in [7, 11) is -18.3. The second-order valence-electron chi connectivity index (χ2n) is 2.70. The van der Waals surface area contributed by atoms with Gasteiger partial charge in [-0.2, -0.15) is 39.5 Å². The Kier molecular flexibility index (Phi) is 12.5. The van der Waals surface area contributed by atoms with Crippen molar-refractivity contribution < 1.29 is 98.8 Å². The van der Waals surface area contributed by atoms with Gasteiger partial charge in [-0.25, -0.2) is 25.3 Å². The Morgan fingerprint density at radius 2 is 0.480 bits per heavy atom. The van der Waals surface area contributed by atoms with Crippen LogP contribution in [0, 0.1) is 0 Å². The maximum atomic E-state index is 10.7. The first-order chi connectivity index (χ1) is 9.75. The van der Waals surface area contributed by atoms with Crippen LogP contribution in [-0.4, -0.2) is 55.4 Å². The van der Waals surface area contributed by atoms with E-state index in [1.165, 1.54) is 0 Å². The van der Waals surface area contributed by atoms with Crippen LogP contribution in [0.4, 0.5) is 39.5 Å². The summed E-state index contributed by atoms with van der Waals surface area (Å²) in [6.45, 7) is 0. The second kappa shape index (κ2) is 9.63. The van der Waals surface area contributed by atoms with E-state index in [4.69, 9.17) is 38.9 Å². The number of alkyl halides is 9. The zero-order valence-corrected chi connectivity index (χ0v) is 15.3. The van der Waals surface area contributed by atoms with Crippen LogP contribution in [0.2, 0.25) is 0 Å². The standard InChI is InChI=1S/3CHF3O3S.Re/c3*2-1(3,4)8(5,6)7;/h3*(H,5,6,7);/q;;;+3/p-3. The fourth-order valence-corrected chi connectivity index (χ4v) is 0. The predicted octanol–water partition coefficient (Wildman–Crippen LogP) is 0.152. The minimum absolute atomic E-state index is 0. The van der Waals surface area contributed by atoms with Crippen molar-refractivity contribution in [2.24, 2.45) is 0 Å². The molecule has 0 aromatic rings. The molecule has 0 saturated heterocycles. The topological polar surface area (TPSA) is 172 Å². The average Bonchev–Trinajstić information content (AvgIpc) is 2.08. The van der Waals surface area contributed by atoms with Crippen molar-refractivity contribution in [2.45, 2.75) is 16.5 Å². The van der Waals surface area contributed by atoms with Gasteiger partial charge in [-0.15, -0.1) is 0 Å². The van der Waals surface area contributed by atoms with Crippen LogP contribution in [-0.2, 0) is 50.8 Å². The molecule has 0 N–H and O–H groups in total. The van der Waals surface area contributed by atoms with Gasteiger partial charge in [0.2, 0.25) is 0 Å². The number of hydrogen-bond donors (Lipinski definition) is 0. The molecule has 0 amide bonds. The summed E-state index contributed by atoms with van der Waals surface area (Å²) in [6, 6.07) is 0. The van der Waals surface area contributed by atoms with Crippen molar-refractivity contribution in [2.75, 3.05) is 0 Å². The van der Waals surface area contributed by atoms with Crippen LogP contribution in [0.1, 0.15) is 0 Å². The molecular formula is C3F9O9ReS3. The molecule has 0 unspecified atom stereocenters. The molecule has 0 saturated carbocycles. The van der Waals surface area contributed by atoms with Gasteiger partial charge in [0.05, 0.1) is 0 Å². The Balaban J connectivity index is -0.000000130. The minimum Gasteiger partial charge on any atom is -0.741 e. The van der Waals surface area contributed by atoms with E-state index >= 15 is 0 Å². The van der Waals surface area contributed by atoms with E-state index in [1.54, 1.807) is 0 Å². The van der Waals surface area contributed by atoms with Crippen LogP contribution < -0.4 is 0 Å². The minimum atomic E-state index is -6.09. The molecule has 0 bridgehead atoms. The third-order valence-electron chi connectivity index (χ3n) is 0.850. The van der Waals surface area contributed by atoms with Crippen molar-refractivity contribution in [1.29, 1.82) is 0 Å². The first kappa shape index (κ1) is 32.4. The summed E-state index contributed by atoms with van der Waals surface area (Å²) in [5.41, 5.74) is -16.9. The third kappa shape index (κ3) is 15.7. The SMILES string of the molecule is O=S(=O)([O-])C(F)(F)F.O=S(=O)([O-])C(F)(F)F.O=S(=O)([O-])C(F)(F)F.[Re+3]. The van der Waals surface area contributed by atoms with E-state index < -0.39 is 46.9 Å². The summed E-state index contributed by atoms with van der Waals surface area (Å²) in [5.74, 6) is 0. The molecule has 0 atom stereocenters. The molecule has 0 heterocycles. The van der Waals surface area contributed by atoms with Gasteiger partial charge in [-0.05, 0) is 0 Å². The van der Waals surface area contributed by atoms with Crippen LogP contribution in [0.15, 0.2) is 0 Å². The van der Waals surface area contributed by atoms with Gasteiger partial charge in [0.15, 0.2) is 30.4 Å². The first-order valence-electron chi connectivity index (χ1n) is 3.81. The van der Waals surface area contributed by atoms with Gasteiger partial charge in [-0.1, -0.05) is 0 Å². The molecule has 0 rings (SSSR count). The van der Waals surface area contributed by atoms with Crippen LogP contribution in [0.5, 0.6) is 0 Å². The van der Waals surface area contributed by atoms with Crippen molar-refractivity contribution in [3.63, 3.8) is 0 Å². The van der Waals surface area contributed by atoms with E-state index in [0.717, 1.165) is 0 Å². The van der Waals surface area contributed by atoms with Crippen molar-refractivity contribution in [1.82, 2.24) is 0 Å². The average molecular weight is 633 g/mol. The number of halogens is 9. The molecule has 0 aromatic carbocycles. The van der Waals surface area contributed by atoms with E-state index in [0.29, 0.717) is 0 Å². The molecule has 0 aromatic heterocycles. The van der Waals surface area contributed by atoms with Gasteiger partial charge in [0.1, 0.15) is 0 Å². The summed E-state index contributed by atoms with van der Waals surface area (Å²) >= 11 is 0. The van der Waals surface area contributed by atoms with Crippen molar-refractivity contribution >= 4 is 30.4 Å². The molecule has 9 nitrogen and oxygen atoms in total. The van der Waals surface area contributed by atoms with Crippen molar-refractivity contribution in [3.05, 3.63) is 0 Å². The Hall–Kier alpha value is -0.238. The van der Waals surface area contributed by atoms with Gasteiger partial charge in [-0.3, -0.25) is 0 Å². The second-order valence-corrected chi connectivity index (χ2v) is 6.81. The molecule has 0 aliphatic heterocycles. The van der Waals surface area contributed by atoms with E-state index in [-0.39, 0.29) is 20.4 Å². The number of rotatable bonds is 0. The maximum Gasteiger partial charge on any atom is 3.00 e. The normalized spacial score (nSPS) is 13.4. The molecule has 0 spiro atoms. The van der Waals surface area contributed by atoms with E-state index in [1.807, 2.05) is 0 Å². The van der Waals surface area contributed by atoms with Crippen LogP contribution in [0.25, 0.3) is 0 Å².